The molecule has 0 fully saturated rings. The van der Waals surface area contributed by atoms with Crippen LogP contribution in [0.3, 0.4) is 0 Å². The average molecular weight is 325 g/mol. The van der Waals surface area contributed by atoms with Gasteiger partial charge in [0.15, 0.2) is 0 Å². The first-order valence-electron chi connectivity index (χ1n) is 7.10. The van der Waals surface area contributed by atoms with Gasteiger partial charge in [0.25, 0.3) is 5.91 Å². The van der Waals surface area contributed by atoms with Crippen molar-refractivity contribution in [2.24, 2.45) is 0 Å². The Morgan fingerprint density at radius 1 is 1.32 bits per heavy atom. The van der Waals surface area contributed by atoms with Crippen molar-refractivity contribution >= 4 is 23.6 Å². The molecule has 1 rings (SSSR count). The van der Waals surface area contributed by atoms with Crippen molar-refractivity contribution in [2.45, 2.75) is 31.6 Å². The molecule has 0 radical (unpaired) electrons. The minimum absolute atomic E-state index is 0.135. The number of hydrogen-bond acceptors (Lipinski definition) is 4. The maximum Gasteiger partial charge on any atom is 0.305 e. The Bertz CT molecular complexity index is 503. The quantitative estimate of drug-likeness (QED) is 0.730. The lowest BCUT2D eigenvalue weighted by atomic mass is 9.98. The Hall–Kier alpha value is -1.53. The van der Waals surface area contributed by atoms with Gasteiger partial charge in [-0.1, -0.05) is 19.1 Å². The van der Waals surface area contributed by atoms with Gasteiger partial charge in [-0.25, -0.2) is 0 Å². The third-order valence-corrected chi connectivity index (χ3v) is 4.05. The number of nitrogens with one attached hydrogen (secondary N) is 1. The Morgan fingerprint density at radius 3 is 2.45 bits per heavy atom. The van der Waals surface area contributed by atoms with E-state index in [1.807, 2.05) is 23.9 Å². The molecule has 2 N–H and O–H groups in total. The van der Waals surface area contributed by atoms with Gasteiger partial charge in [-0.15, -0.1) is 0 Å². The number of benzene rings is 1. The molecule has 6 heteroatoms. The first-order valence-corrected chi connectivity index (χ1v) is 8.25. The van der Waals surface area contributed by atoms with Gasteiger partial charge in [0.1, 0.15) is 0 Å². The summed E-state index contributed by atoms with van der Waals surface area (Å²) in [4.78, 5) is 23.2. The molecule has 0 saturated carbocycles. The summed E-state index contributed by atoms with van der Waals surface area (Å²) in [5.41, 5.74) is 0.737. The number of amides is 1. The van der Waals surface area contributed by atoms with Crippen LogP contribution in [0.25, 0.3) is 0 Å². The molecule has 0 aromatic heterocycles. The maximum absolute atomic E-state index is 12.3. The second-order valence-electron chi connectivity index (χ2n) is 5.35. The van der Waals surface area contributed by atoms with E-state index in [1.54, 1.807) is 19.1 Å². The van der Waals surface area contributed by atoms with Crippen molar-refractivity contribution < 1.29 is 19.4 Å². The normalized spacial score (nSPS) is 13.4. The molecule has 0 aliphatic heterocycles. The van der Waals surface area contributed by atoms with Crippen molar-refractivity contribution in [2.75, 3.05) is 19.5 Å². The predicted octanol–water partition coefficient (Wildman–Crippen LogP) is 2.55. The Morgan fingerprint density at radius 2 is 1.95 bits per heavy atom. The number of aliphatic carboxylic acids is 1. The van der Waals surface area contributed by atoms with Gasteiger partial charge in [0, 0.05) is 18.4 Å². The molecule has 0 spiro atoms. The van der Waals surface area contributed by atoms with Crippen LogP contribution >= 0.6 is 11.8 Å². The van der Waals surface area contributed by atoms with Gasteiger partial charge in [0.2, 0.25) is 0 Å². The smallest absolute Gasteiger partial charge is 0.305 e. The fraction of sp³-hybridized carbons (Fsp3) is 0.500. The number of carboxylic acids is 1. The Kier molecular flexibility index (Phi) is 7.41. The second kappa shape index (κ2) is 8.80. The number of carboxylic acid groups (broad SMARTS) is 1. The lowest BCUT2D eigenvalue weighted by Gasteiger charge is -2.28. The summed E-state index contributed by atoms with van der Waals surface area (Å²) in [6.45, 7) is 3.90. The van der Waals surface area contributed by atoms with Gasteiger partial charge < -0.3 is 15.2 Å². The van der Waals surface area contributed by atoms with E-state index in [0.717, 1.165) is 17.1 Å². The number of ether oxygens (including phenoxy) is 1. The van der Waals surface area contributed by atoms with E-state index in [0.29, 0.717) is 5.56 Å². The summed E-state index contributed by atoms with van der Waals surface area (Å²) in [6.07, 6.45) is -0.197. The number of thioether (sulfide) groups is 1. The van der Waals surface area contributed by atoms with Crippen LogP contribution in [-0.2, 0) is 15.3 Å². The zero-order valence-electron chi connectivity index (χ0n) is 13.2. The van der Waals surface area contributed by atoms with Gasteiger partial charge >= 0.3 is 5.97 Å². The number of methoxy groups -OCH3 is 1. The average Bonchev–Trinajstić information content (AvgIpc) is 2.44. The molecule has 0 aliphatic rings. The van der Waals surface area contributed by atoms with E-state index >= 15 is 0 Å². The summed E-state index contributed by atoms with van der Waals surface area (Å²) in [6, 6.07) is 7.36. The summed E-state index contributed by atoms with van der Waals surface area (Å²) in [5, 5.41) is 11.7. The molecular formula is C16H23NO4S. The summed E-state index contributed by atoms with van der Waals surface area (Å²) in [5.74, 6) is 0.688. The predicted molar refractivity (Wildman–Crippen MR) is 88.3 cm³/mol. The van der Waals surface area contributed by atoms with Crippen molar-refractivity contribution in [1.29, 1.82) is 0 Å². The highest BCUT2D eigenvalue weighted by Gasteiger charge is 2.29. The van der Waals surface area contributed by atoms with E-state index in [-0.39, 0.29) is 18.9 Å². The Balaban J connectivity index is 2.75. The van der Waals surface area contributed by atoms with Crippen LogP contribution in [0.5, 0.6) is 0 Å². The molecule has 5 nitrogen and oxygen atoms in total. The number of carbonyl (C=O) groups excluding carboxylic acids is 1. The first kappa shape index (κ1) is 18.5. The highest BCUT2D eigenvalue weighted by Crippen LogP contribution is 2.15. The van der Waals surface area contributed by atoms with Crippen LogP contribution in [0.4, 0.5) is 0 Å². The molecule has 1 amide bonds. The fourth-order valence-corrected chi connectivity index (χ4v) is 2.73. The van der Waals surface area contributed by atoms with Gasteiger partial charge in [-0.3, -0.25) is 9.59 Å². The van der Waals surface area contributed by atoms with Gasteiger partial charge in [-0.2, -0.15) is 11.8 Å². The number of rotatable bonds is 9. The topological polar surface area (TPSA) is 75.6 Å². The summed E-state index contributed by atoms with van der Waals surface area (Å²) >= 11 is 1.82. The Labute approximate surface area is 135 Å². The lowest BCUT2D eigenvalue weighted by Crippen LogP contribution is -2.50. The molecule has 1 atom stereocenters. The molecular weight excluding hydrogens is 302 g/mol. The molecule has 22 heavy (non-hydrogen) atoms. The molecule has 0 saturated heterocycles. The zero-order valence-corrected chi connectivity index (χ0v) is 14.0. The van der Waals surface area contributed by atoms with E-state index < -0.39 is 11.5 Å². The van der Waals surface area contributed by atoms with Crippen molar-refractivity contribution in [3.05, 3.63) is 35.4 Å². The van der Waals surface area contributed by atoms with Crippen LogP contribution in [0.2, 0.25) is 0 Å². The molecule has 0 heterocycles. The van der Waals surface area contributed by atoms with Crippen LogP contribution in [0.15, 0.2) is 24.3 Å². The number of carbonyl (C=O) groups is 2. The highest BCUT2D eigenvalue weighted by molar-refractivity contribution is 7.98. The van der Waals surface area contributed by atoms with Crippen LogP contribution in [0, 0.1) is 0 Å². The van der Waals surface area contributed by atoms with E-state index in [2.05, 4.69) is 12.2 Å². The molecule has 0 aliphatic carbocycles. The second-order valence-corrected chi connectivity index (χ2v) is 6.63. The van der Waals surface area contributed by atoms with E-state index in [1.165, 1.54) is 7.11 Å². The van der Waals surface area contributed by atoms with E-state index in [9.17, 15) is 9.59 Å². The van der Waals surface area contributed by atoms with Gasteiger partial charge in [0.05, 0.1) is 18.6 Å². The van der Waals surface area contributed by atoms with Crippen molar-refractivity contribution in [3.63, 3.8) is 0 Å². The first-order chi connectivity index (χ1) is 10.4. The largest absolute Gasteiger partial charge is 0.481 e. The molecule has 1 unspecified atom stereocenters. The van der Waals surface area contributed by atoms with Crippen molar-refractivity contribution in [1.82, 2.24) is 5.32 Å². The highest BCUT2D eigenvalue weighted by atomic mass is 32.2. The molecule has 0 bridgehead atoms. The third-order valence-electron chi connectivity index (χ3n) is 3.11. The van der Waals surface area contributed by atoms with Crippen LogP contribution in [0.1, 0.15) is 36.2 Å². The van der Waals surface area contributed by atoms with Crippen LogP contribution in [-0.4, -0.2) is 42.0 Å². The summed E-state index contributed by atoms with van der Waals surface area (Å²) < 4.78 is 5.03. The van der Waals surface area contributed by atoms with Crippen molar-refractivity contribution in [3.8, 4) is 0 Å². The van der Waals surface area contributed by atoms with E-state index in [4.69, 9.17) is 9.84 Å². The standard InChI is InChI=1S/C16H23NO4S/c1-4-22-10-12-5-7-13(8-6-12)15(20)17-16(2,11-21-3)9-14(18)19/h5-8H,4,9-11H2,1-3H3,(H,17,20)(H,18,19). The molecule has 122 valence electrons. The summed E-state index contributed by atoms with van der Waals surface area (Å²) in [7, 11) is 1.48. The fourth-order valence-electron chi connectivity index (χ4n) is 2.10. The zero-order chi connectivity index (χ0) is 16.6. The lowest BCUT2D eigenvalue weighted by molar-refractivity contribution is -0.139. The minimum atomic E-state index is -0.980. The third kappa shape index (κ3) is 6.07. The van der Waals surface area contributed by atoms with Crippen LogP contribution < -0.4 is 5.32 Å². The molecule has 1 aromatic carbocycles. The molecule has 1 aromatic rings. The monoisotopic (exact) mass is 325 g/mol. The maximum atomic E-state index is 12.3. The van der Waals surface area contributed by atoms with Gasteiger partial charge in [-0.05, 0) is 30.4 Å². The SMILES string of the molecule is CCSCc1ccc(C(=O)NC(C)(COC)CC(=O)O)cc1. The minimum Gasteiger partial charge on any atom is -0.481 e. The number of hydrogen-bond donors (Lipinski definition) is 2.